The van der Waals surface area contributed by atoms with Crippen molar-refractivity contribution in [2.75, 3.05) is 19.7 Å². The van der Waals surface area contributed by atoms with Gasteiger partial charge in [-0.1, -0.05) is 6.08 Å². The number of ether oxygens (including phenoxy) is 1. The molecule has 1 aliphatic heterocycles. The van der Waals surface area contributed by atoms with Crippen LogP contribution in [-0.2, 0) is 14.3 Å². The summed E-state index contributed by atoms with van der Waals surface area (Å²) in [5, 5.41) is 10.5. The third-order valence-electron chi connectivity index (χ3n) is 5.02. The van der Waals surface area contributed by atoms with Crippen molar-refractivity contribution in [3.63, 3.8) is 0 Å². The van der Waals surface area contributed by atoms with Crippen LogP contribution in [0.1, 0.15) is 44.2 Å². The summed E-state index contributed by atoms with van der Waals surface area (Å²) in [5.41, 5.74) is -0.108. The van der Waals surface area contributed by atoms with Crippen molar-refractivity contribution in [1.82, 2.24) is 4.90 Å². The molecule has 2 aliphatic rings. The highest BCUT2D eigenvalue weighted by Gasteiger charge is 2.25. The van der Waals surface area contributed by atoms with Crippen LogP contribution in [0.5, 0.6) is 0 Å². The Morgan fingerprint density at radius 3 is 2.60 bits per heavy atom. The molecule has 6 nitrogen and oxygen atoms in total. The van der Waals surface area contributed by atoms with Gasteiger partial charge in [-0.3, -0.25) is 9.79 Å². The number of halogens is 2. The largest absolute Gasteiger partial charge is 0.506 e. The third-order valence-corrected chi connectivity index (χ3v) is 5.02. The summed E-state index contributed by atoms with van der Waals surface area (Å²) < 4.78 is 34.5. The molecule has 0 atom stereocenters. The summed E-state index contributed by atoms with van der Waals surface area (Å²) in [6, 6.07) is 1.93. The van der Waals surface area contributed by atoms with Crippen molar-refractivity contribution >= 4 is 29.4 Å². The Labute approximate surface area is 173 Å². The van der Waals surface area contributed by atoms with E-state index in [1.807, 2.05) is 0 Å². The Bertz CT molecular complexity index is 949. The van der Waals surface area contributed by atoms with Crippen LogP contribution in [0, 0.1) is 11.6 Å². The summed E-state index contributed by atoms with van der Waals surface area (Å²) in [5.74, 6) is -3.27. The van der Waals surface area contributed by atoms with Crippen LogP contribution in [-0.4, -0.2) is 53.8 Å². The van der Waals surface area contributed by atoms with Crippen LogP contribution in [0.2, 0.25) is 0 Å². The number of aliphatic hydroxyl groups excluding tert-OH is 1. The van der Waals surface area contributed by atoms with Crippen LogP contribution >= 0.6 is 0 Å². The zero-order valence-corrected chi connectivity index (χ0v) is 17.0. The molecule has 1 aromatic carbocycles. The zero-order valence-electron chi connectivity index (χ0n) is 17.0. The minimum atomic E-state index is -0.875. The Hall–Kier alpha value is -3.03. The van der Waals surface area contributed by atoms with E-state index in [-0.39, 0.29) is 29.7 Å². The molecule has 8 heteroatoms. The molecule has 1 N–H and O–H groups in total. The number of amides is 1. The Balaban J connectivity index is 1.95. The number of nitrogens with zero attached hydrogens (tertiary/aromatic N) is 2. The number of aliphatic imine (C=N–C) groups is 1. The average molecular weight is 418 g/mol. The Morgan fingerprint density at radius 2 is 2.03 bits per heavy atom. The van der Waals surface area contributed by atoms with Crippen molar-refractivity contribution < 1.29 is 28.2 Å². The number of rotatable bonds is 6. The summed E-state index contributed by atoms with van der Waals surface area (Å²) in [4.78, 5) is 29.4. The molecule has 1 aromatic rings. The van der Waals surface area contributed by atoms with Gasteiger partial charge in [0, 0.05) is 31.8 Å². The van der Waals surface area contributed by atoms with E-state index >= 15 is 0 Å². The van der Waals surface area contributed by atoms with E-state index < -0.39 is 28.9 Å². The molecule has 0 radical (unpaired) electrons. The van der Waals surface area contributed by atoms with Crippen molar-refractivity contribution in [3.8, 4) is 0 Å². The van der Waals surface area contributed by atoms with Crippen LogP contribution < -0.4 is 0 Å². The summed E-state index contributed by atoms with van der Waals surface area (Å²) in [7, 11) is 0. The smallest absolute Gasteiger partial charge is 0.343 e. The van der Waals surface area contributed by atoms with E-state index in [1.165, 1.54) is 6.92 Å². The fourth-order valence-electron chi connectivity index (χ4n) is 3.14. The predicted molar refractivity (Wildman–Crippen MR) is 109 cm³/mol. The number of aliphatic hydroxyl groups is 1. The van der Waals surface area contributed by atoms with E-state index in [1.54, 1.807) is 17.9 Å². The quantitative estimate of drug-likeness (QED) is 0.331. The molecule has 30 heavy (non-hydrogen) atoms. The van der Waals surface area contributed by atoms with Gasteiger partial charge in [-0.15, -0.1) is 0 Å². The first-order valence-electron chi connectivity index (χ1n) is 9.89. The molecule has 160 valence electrons. The maximum Gasteiger partial charge on any atom is 0.343 e. The molecule has 3 rings (SSSR count). The zero-order chi connectivity index (χ0) is 21.8. The monoisotopic (exact) mass is 418 g/mol. The van der Waals surface area contributed by atoms with Gasteiger partial charge in [0.15, 0.2) is 0 Å². The first kappa shape index (κ1) is 21.7. The standard InChI is InChI=1S/C22H24F2N2O4/c1-3-30-22(29)18(12-25-15-4-5-15)21(28)17-11-19(23)16(10-20(17)24)14-6-8-26(9-7-14)13(2)27/h6,10-12,15,28H,3-5,7-9H2,1-2H3. The third kappa shape index (κ3) is 4.93. The fraction of sp³-hybridized carbons (Fsp3) is 0.409. The van der Waals surface area contributed by atoms with E-state index in [2.05, 4.69) is 4.99 Å². The molecule has 0 saturated heterocycles. The normalized spacial score (nSPS) is 17.6. The van der Waals surface area contributed by atoms with Crippen molar-refractivity contribution in [2.45, 2.75) is 39.2 Å². The molecule has 1 saturated carbocycles. The van der Waals surface area contributed by atoms with E-state index in [0.717, 1.165) is 31.2 Å². The summed E-state index contributed by atoms with van der Waals surface area (Å²) >= 11 is 0. The SMILES string of the molecule is CCOC(=O)C(C=NC1CC1)=C(O)c1cc(F)c(C2=CCN(C(C)=O)CC2)cc1F. The maximum atomic E-state index is 14.8. The molecule has 0 unspecified atom stereocenters. The Kier molecular flexibility index (Phi) is 6.64. The first-order valence-corrected chi connectivity index (χ1v) is 9.89. The summed E-state index contributed by atoms with van der Waals surface area (Å²) in [6.45, 7) is 3.86. The lowest BCUT2D eigenvalue weighted by Crippen LogP contribution is -2.32. The molecule has 1 heterocycles. The fourth-order valence-corrected chi connectivity index (χ4v) is 3.14. The lowest BCUT2D eigenvalue weighted by atomic mass is 9.96. The number of esters is 1. The van der Waals surface area contributed by atoms with Gasteiger partial charge in [0.1, 0.15) is 23.0 Å². The first-order chi connectivity index (χ1) is 14.3. The number of hydrogen-bond donors (Lipinski definition) is 1. The molecule has 1 amide bonds. The molecular formula is C22H24F2N2O4. The average Bonchev–Trinajstić information content (AvgIpc) is 3.54. The van der Waals surface area contributed by atoms with Gasteiger partial charge >= 0.3 is 5.97 Å². The Morgan fingerprint density at radius 1 is 1.30 bits per heavy atom. The van der Waals surface area contributed by atoms with Gasteiger partial charge in [0.25, 0.3) is 0 Å². The van der Waals surface area contributed by atoms with Crippen molar-refractivity contribution in [1.29, 1.82) is 0 Å². The van der Waals surface area contributed by atoms with E-state index in [4.69, 9.17) is 4.74 Å². The van der Waals surface area contributed by atoms with Crippen molar-refractivity contribution in [2.24, 2.45) is 4.99 Å². The van der Waals surface area contributed by atoms with Crippen molar-refractivity contribution in [3.05, 3.63) is 46.5 Å². The minimum absolute atomic E-state index is 0.0636. The minimum Gasteiger partial charge on any atom is -0.506 e. The number of hydrogen-bond acceptors (Lipinski definition) is 5. The molecule has 0 spiro atoms. The highest BCUT2D eigenvalue weighted by molar-refractivity contribution is 6.15. The van der Waals surface area contributed by atoms with Gasteiger partial charge in [-0.25, -0.2) is 13.6 Å². The van der Waals surface area contributed by atoms with E-state index in [9.17, 15) is 23.5 Å². The van der Waals surface area contributed by atoms with Gasteiger partial charge in [0.2, 0.25) is 5.91 Å². The number of carbonyl (C=O) groups excluding carboxylic acids is 2. The number of benzene rings is 1. The molecule has 0 aromatic heterocycles. The number of carbonyl (C=O) groups is 2. The highest BCUT2D eigenvalue weighted by Crippen LogP contribution is 2.30. The second-order valence-electron chi connectivity index (χ2n) is 7.25. The topological polar surface area (TPSA) is 79.2 Å². The summed E-state index contributed by atoms with van der Waals surface area (Å²) in [6.07, 6.45) is 4.99. The second kappa shape index (κ2) is 9.19. The molecule has 0 bridgehead atoms. The van der Waals surface area contributed by atoms with Gasteiger partial charge in [-0.2, -0.15) is 0 Å². The second-order valence-corrected chi connectivity index (χ2v) is 7.25. The van der Waals surface area contributed by atoms with E-state index in [0.29, 0.717) is 25.1 Å². The molecule has 1 aliphatic carbocycles. The lowest BCUT2D eigenvalue weighted by Gasteiger charge is -2.25. The maximum absolute atomic E-state index is 14.8. The predicted octanol–water partition coefficient (Wildman–Crippen LogP) is 3.67. The van der Waals surface area contributed by atoms with Gasteiger partial charge in [-0.05, 0) is 43.9 Å². The van der Waals surface area contributed by atoms with Crippen LogP contribution in [0.25, 0.3) is 11.3 Å². The van der Waals surface area contributed by atoms with Gasteiger partial charge in [0.05, 0.1) is 18.2 Å². The molecule has 1 fully saturated rings. The lowest BCUT2D eigenvalue weighted by molar-refractivity contribution is -0.137. The van der Waals surface area contributed by atoms with Crippen LogP contribution in [0.4, 0.5) is 8.78 Å². The highest BCUT2D eigenvalue weighted by atomic mass is 19.1. The molecular weight excluding hydrogens is 394 g/mol. The van der Waals surface area contributed by atoms with Crippen LogP contribution in [0.3, 0.4) is 0 Å². The van der Waals surface area contributed by atoms with Gasteiger partial charge < -0.3 is 14.7 Å². The van der Waals surface area contributed by atoms with Crippen LogP contribution in [0.15, 0.2) is 28.8 Å².